The molecule has 0 aliphatic rings. The number of hydrogen-bond acceptors (Lipinski definition) is 5. The lowest BCUT2D eigenvalue weighted by molar-refractivity contribution is 0.0942. The van der Waals surface area contributed by atoms with Gasteiger partial charge < -0.3 is 0 Å². The average molecular weight is 139 g/mol. The predicted octanol–water partition coefficient (Wildman–Crippen LogP) is -1.52. The fourth-order valence-electron chi connectivity index (χ4n) is 0.416. The van der Waals surface area contributed by atoms with E-state index in [4.69, 9.17) is 5.84 Å². The minimum Gasteiger partial charge on any atom is -0.287 e. The fraction of sp³-hybridized carbons (Fsp3) is 0. The van der Waals surface area contributed by atoms with Crippen LogP contribution in [-0.4, -0.2) is 21.1 Å². The van der Waals surface area contributed by atoms with Crippen LogP contribution in [0, 0.1) is 0 Å². The monoisotopic (exact) mass is 139 g/mol. The molecular formula is C4H5N5O. The van der Waals surface area contributed by atoms with Gasteiger partial charge in [0.1, 0.15) is 0 Å². The van der Waals surface area contributed by atoms with Crippen molar-refractivity contribution in [1.29, 1.82) is 0 Å². The van der Waals surface area contributed by atoms with Crippen molar-refractivity contribution in [3.8, 4) is 0 Å². The number of carbonyl (C=O) groups excluding carboxylic acids is 1. The number of nitrogens with zero attached hydrogens (tertiary/aromatic N) is 3. The molecule has 0 atom stereocenters. The summed E-state index contributed by atoms with van der Waals surface area (Å²) in [5.41, 5.74) is 1.88. The van der Waals surface area contributed by atoms with Crippen LogP contribution >= 0.6 is 0 Å². The molecule has 0 saturated heterocycles. The highest BCUT2D eigenvalue weighted by molar-refractivity contribution is 5.89. The van der Waals surface area contributed by atoms with Crippen molar-refractivity contribution < 1.29 is 4.79 Å². The maximum absolute atomic E-state index is 10.6. The van der Waals surface area contributed by atoms with Gasteiger partial charge in [0.2, 0.25) is 5.82 Å². The number of hydrazine groups is 1. The maximum Gasteiger partial charge on any atom is 0.304 e. The molecule has 1 heterocycles. The Bertz CT molecular complexity index is 222. The highest BCUT2D eigenvalue weighted by atomic mass is 16.2. The number of hydrogen-bond donors (Lipinski definition) is 2. The molecule has 1 amide bonds. The molecule has 3 N–H and O–H groups in total. The fourth-order valence-corrected chi connectivity index (χ4v) is 0.416. The van der Waals surface area contributed by atoms with Crippen molar-refractivity contribution in [2.75, 3.05) is 0 Å². The van der Waals surface area contributed by atoms with Gasteiger partial charge in [-0.3, -0.25) is 10.2 Å². The minimum absolute atomic E-state index is 0.0370. The molecule has 0 aliphatic heterocycles. The molecule has 1 aromatic heterocycles. The van der Waals surface area contributed by atoms with Gasteiger partial charge in [-0.25, -0.2) is 10.8 Å². The Hall–Kier alpha value is -1.56. The Morgan fingerprint density at radius 2 is 2.40 bits per heavy atom. The van der Waals surface area contributed by atoms with E-state index in [1.54, 1.807) is 0 Å². The molecule has 1 rings (SSSR count). The molecule has 0 aromatic carbocycles. The van der Waals surface area contributed by atoms with Gasteiger partial charge in [-0.15, -0.1) is 5.10 Å². The summed E-state index contributed by atoms with van der Waals surface area (Å²) in [4.78, 5) is 14.2. The third kappa shape index (κ3) is 1.23. The van der Waals surface area contributed by atoms with Crippen LogP contribution in [0.1, 0.15) is 10.6 Å². The Morgan fingerprint density at radius 1 is 1.60 bits per heavy atom. The van der Waals surface area contributed by atoms with E-state index in [-0.39, 0.29) is 5.82 Å². The molecule has 1 aromatic rings. The number of nitrogens with two attached hydrogens (primary N) is 1. The SMILES string of the molecule is NNC(=O)c1nccnn1. The smallest absolute Gasteiger partial charge is 0.287 e. The summed E-state index contributed by atoms with van der Waals surface area (Å²) >= 11 is 0. The lowest BCUT2D eigenvalue weighted by atomic mass is 10.6. The maximum atomic E-state index is 10.6. The lowest BCUT2D eigenvalue weighted by Gasteiger charge is -1.92. The molecule has 0 radical (unpaired) electrons. The van der Waals surface area contributed by atoms with Gasteiger partial charge in [-0.1, -0.05) is 0 Å². The first-order valence-electron chi connectivity index (χ1n) is 2.49. The number of nitrogen functional groups attached to an aromatic ring is 1. The van der Waals surface area contributed by atoms with Gasteiger partial charge in [0.15, 0.2) is 0 Å². The van der Waals surface area contributed by atoms with E-state index < -0.39 is 5.91 Å². The summed E-state index contributed by atoms with van der Waals surface area (Å²) in [5, 5.41) is 6.82. The van der Waals surface area contributed by atoms with E-state index in [1.165, 1.54) is 12.4 Å². The van der Waals surface area contributed by atoms with Crippen LogP contribution in [0.4, 0.5) is 0 Å². The second-order valence-corrected chi connectivity index (χ2v) is 1.44. The quantitative estimate of drug-likeness (QED) is 0.280. The van der Waals surface area contributed by atoms with E-state index in [0.29, 0.717) is 0 Å². The first-order valence-corrected chi connectivity index (χ1v) is 2.49. The second kappa shape index (κ2) is 2.83. The molecular weight excluding hydrogens is 134 g/mol. The van der Waals surface area contributed by atoms with Gasteiger partial charge in [-0.2, -0.15) is 5.10 Å². The molecule has 10 heavy (non-hydrogen) atoms. The normalized spacial score (nSPS) is 8.90. The van der Waals surface area contributed by atoms with Gasteiger partial charge >= 0.3 is 5.91 Å². The van der Waals surface area contributed by atoms with Gasteiger partial charge in [0.25, 0.3) is 0 Å². The molecule has 0 saturated carbocycles. The zero-order valence-electron chi connectivity index (χ0n) is 4.98. The van der Waals surface area contributed by atoms with Crippen LogP contribution in [-0.2, 0) is 0 Å². The first-order chi connectivity index (χ1) is 4.84. The second-order valence-electron chi connectivity index (χ2n) is 1.44. The topological polar surface area (TPSA) is 93.8 Å². The zero-order chi connectivity index (χ0) is 7.40. The van der Waals surface area contributed by atoms with E-state index >= 15 is 0 Å². The van der Waals surface area contributed by atoms with E-state index in [9.17, 15) is 4.79 Å². The summed E-state index contributed by atoms with van der Waals surface area (Å²) in [7, 11) is 0. The van der Waals surface area contributed by atoms with Crippen LogP contribution in [0.5, 0.6) is 0 Å². The number of rotatable bonds is 1. The molecule has 0 aliphatic carbocycles. The Morgan fingerprint density at radius 3 is 2.90 bits per heavy atom. The van der Waals surface area contributed by atoms with Crippen molar-refractivity contribution in [1.82, 2.24) is 20.6 Å². The third-order valence-corrected chi connectivity index (χ3v) is 0.817. The van der Waals surface area contributed by atoms with Gasteiger partial charge in [0.05, 0.1) is 6.20 Å². The summed E-state index contributed by atoms with van der Waals surface area (Å²) in [6.07, 6.45) is 2.73. The largest absolute Gasteiger partial charge is 0.304 e. The number of aromatic nitrogens is 3. The summed E-state index contributed by atoms with van der Waals surface area (Å²) in [6, 6.07) is 0. The van der Waals surface area contributed by atoms with Gasteiger partial charge in [-0.05, 0) is 0 Å². The third-order valence-electron chi connectivity index (χ3n) is 0.817. The van der Waals surface area contributed by atoms with Crippen molar-refractivity contribution in [2.24, 2.45) is 5.84 Å². The zero-order valence-corrected chi connectivity index (χ0v) is 4.98. The lowest BCUT2D eigenvalue weighted by Crippen LogP contribution is -2.31. The van der Waals surface area contributed by atoms with Crippen LogP contribution < -0.4 is 11.3 Å². The molecule has 0 fully saturated rings. The van der Waals surface area contributed by atoms with Crippen molar-refractivity contribution in [3.63, 3.8) is 0 Å². The van der Waals surface area contributed by atoms with Crippen LogP contribution in [0.25, 0.3) is 0 Å². The van der Waals surface area contributed by atoms with Crippen LogP contribution in [0.2, 0.25) is 0 Å². The summed E-state index contributed by atoms with van der Waals surface area (Å²) in [6.45, 7) is 0. The Labute approximate surface area is 56.4 Å². The van der Waals surface area contributed by atoms with Crippen molar-refractivity contribution in [3.05, 3.63) is 18.2 Å². The molecule has 52 valence electrons. The highest BCUT2D eigenvalue weighted by Crippen LogP contribution is 1.80. The minimum atomic E-state index is -0.548. The number of nitrogens with one attached hydrogen (secondary N) is 1. The Balaban J connectivity index is 2.85. The Kier molecular flexibility index (Phi) is 1.86. The number of amides is 1. The summed E-state index contributed by atoms with van der Waals surface area (Å²) < 4.78 is 0. The molecule has 0 bridgehead atoms. The van der Waals surface area contributed by atoms with E-state index in [0.717, 1.165) is 0 Å². The highest BCUT2D eigenvalue weighted by Gasteiger charge is 2.04. The number of carbonyl (C=O) groups is 1. The first kappa shape index (κ1) is 6.56. The van der Waals surface area contributed by atoms with Crippen molar-refractivity contribution in [2.45, 2.75) is 0 Å². The van der Waals surface area contributed by atoms with Crippen molar-refractivity contribution >= 4 is 5.91 Å². The molecule has 0 unspecified atom stereocenters. The molecule has 0 spiro atoms. The van der Waals surface area contributed by atoms with E-state index in [2.05, 4.69) is 15.2 Å². The summed E-state index contributed by atoms with van der Waals surface area (Å²) in [5.74, 6) is 4.21. The van der Waals surface area contributed by atoms with E-state index in [1.807, 2.05) is 5.43 Å². The van der Waals surface area contributed by atoms with Crippen LogP contribution in [0.3, 0.4) is 0 Å². The average Bonchev–Trinajstić information content (AvgIpc) is 2.05. The van der Waals surface area contributed by atoms with Crippen LogP contribution in [0.15, 0.2) is 12.4 Å². The predicted molar refractivity (Wildman–Crippen MR) is 31.5 cm³/mol. The standard InChI is InChI=1S/C4H5N5O/c5-8-4(10)3-6-1-2-7-9-3/h1-2H,5H2,(H,8,10). The molecule has 6 heteroatoms. The molecule has 6 nitrogen and oxygen atoms in total. The van der Waals surface area contributed by atoms with Gasteiger partial charge in [0, 0.05) is 6.20 Å².